The normalized spacial score (nSPS) is 15.8. The number of rotatable bonds is 6. The van der Waals surface area contributed by atoms with E-state index in [9.17, 15) is 18.0 Å². The first-order valence-electron chi connectivity index (χ1n) is 9.55. The van der Waals surface area contributed by atoms with Crippen LogP contribution in [0.2, 0.25) is 0 Å². The molecule has 0 aliphatic carbocycles. The molecule has 0 saturated carbocycles. The van der Waals surface area contributed by atoms with Crippen LogP contribution in [-0.4, -0.2) is 70.3 Å². The second kappa shape index (κ2) is 10.7. The van der Waals surface area contributed by atoms with E-state index in [0.29, 0.717) is 6.04 Å². The molecule has 30 heavy (non-hydrogen) atoms. The van der Waals surface area contributed by atoms with E-state index in [1.807, 2.05) is 18.3 Å². The highest BCUT2D eigenvalue weighted by molar-refractivity contribution is 7.17. The van der Waals surface area contributed by atoms with Gasteiger partial charge in [0.15, 0.2) is 0 Å². The molecule has 0 atom stereocenters. The van der Waals surface area contributed by atoms with Crippen LogP contribution in [0, 0.1) is 0 Å². The number of thiophene rings is 1. The molecule has 3 rings (SSSR count). The van der Waals surface area contributed by atoms with Crippen molar-refractivity contribution in [1.29, 1.82) is 0 Å². The van der Waals surface area contributed by atoms with E-state index in [4.69, 9.17) is 15.0 Å². The van der Waals surface area contributed by atoms with Crippen LogP contribution >= 0.6 is 11.3 Å². The summed E-state index contributed by atoms with van der Waals surface area (Å²) in [5.41, 5.74) is 1.42. The number of hydrogen-bond acceptors (Lipinski definition) is 5. The maximum atomic E-state index is 11.0. The minimum atomic E-state index is -5.08. The molecule has 10 heteroatoms. The van der Waals surface area contributed by atoms with Gasteiger partial charge < -0.3 is 10.2 Å². The molecule has 1 aromatic carbocycles. The highest BCUT2D eigenvalue weighted by atomic mass is 32.1. The number of likely N-dealkylation sites (tertiary alicyclic amines) is 1. The van der Waals surface area contributed by atoms with Gasteiger partial charge in [-0.2, -0.15) is 13.2 Å². The van der Waals surface area contributed by atoms with Crippen molar-refractivity contribution in [2.24, 2.45) is 0 Å². The molecule has 6 nitrogen and oxygen atoms in total. The smallest absolute Gasteiger partial charge is 0.480 e. The lowest BCUT2D eigenvalue weighted by atomic mass is 10.0. The van der Waals surface area contributed by atoms with Gasteiger partial charge in [0.05, 0.1) is 6.54 Å². The fraction of sp³-hybridized carbons (Fsp3) is 0.500. The molecule has 1 aromatic heterocycles. The van der Waals surface area contributed by atoms with Crippen LogP contribution in [0.3, 0.4) is 0 Å². The third-order valence-corrected chi connectivity index (χ3v) is 6.03. The molecule has 1 saturated heterocycles. The second-order valence-corrected chi connectivity index (χ2v) is 7.94. The summed E-state index contributed by atoms with van der Waals surface area (Å²) in [4.78, 5) is 24.5. The quantitative estimate of drug-likeness (QED) is 0.701. The largest absolute Gasteiger partial charge is 0.490 e. The Balaban J connectivity index is 0.000000396. The van der Waals surface area contributed by atoms with Crippen LogP contribution in [0.1, 0.15) is 25.3 Å². The van der Waals surface area contributed by atoms with Gasteiger partial charge in [-0.3, -0.25) is 14.6 Å². The number of benzene rings is 1. The predicted molar refractivity (Wildman–Crippen MR) is 109 cm³/mol. The van der Waals surface area contributed by atoms with Gasteiger partial charge in [0.25, 0.3) is 0 Å². The SMILES string of the molecule is CCN(CC(=O)O)C1CCN(Cc2csc3ccccc23)CC1.O=C(O)C(F)(F)F. The average molecular weight is 446 g/mol. The molecule has 166 valence electrons. The first-order chi connectivity index (χ1) is 14.1. The van der Waals surface area contributed by atoms with Gasteiger partial charge in [-0.15, -0.1) is 11.3 Å². The fourth-order valence-electron chi connectivity index (χ4n) is 3.51. The number of piperidine rings is 1. The number of fused-ring (bicyclic) bond motifs is 1. The van der Waals surface area contributed by atoms with Crippen LogP contribution in [0.25, 0.3) is 10.1 Å². The maximum Gasteiger partial charge on any atom is 0.490 e. The molecule has 2 aromatic rings. The third kappa shape index (κ3) is 6.96. The standard InChI is InChI=1S/C18H24N2O2S.C2HF3O2/c1-2-20(12-18(21)22)15-7-9-19(10-8-15)11-14-13-23-17-6-4-3-5-16(14)17;3-2(4,5)1(6)7/h3-6,13,15H,2,7-12H2,1H3,(H,21,22);(H,6,7). The van der Waals surface area contributed by atoms with Gasteiger partial charge in [-0.1, -0.05) is 25.1 Å². The molecule has 0 spiro atoms. The van der Waals surface area contributed by atoms with E-state index >= 15 is 0 Å². The Labute approximate surface area is 176 Å². The first-order valence-corrected chi connectivity index (χ1v) is 10.4. The molecule has 0 bridgehead atoms. The molecule has 2 heterocycles. The Bertz CT molecular complexity index is 848. The second-order valence-electron chi connectivity index (χ2n) is 7.02. The Morgan fingerprint density at radius 2 is 1.80 bits per heavy atom. The Kier molecular flexibility index (Phi) is 8.63. The van der Waals surface area contributed by atoms with E-state index in [0.717, 1.165) is 39.0 Å². The fourth-order valence-corrected chi connectivity index (χ4v) is 4.47. The summed E-state index contributed by atoms with van der Waals surface area (Å²) in [5, 5.41) is 19.8. The zero-order valence-electron chi connectivity index (χ0n) is 16.6. The zero-order chi connectivity index (χ0) is 22.3. The number of nitrogens with zero attached hydrogens (tertiary/aromatic N) is 2. The lowest BCUT2D eigenvalue weighted by molar-refractivity contribution is -0.192. The van der Waals surface area contributed by atoms with Crippen LogP contribution in [-0.2, 0) is 16.1 Å². The molecular formula is C20H25F3N2O4S. The lowest BCUT2D eigenvalue weighted by Gasteiger charge is -2.37. The van der Waals surface area contributed by atoms with E-state index in [1.165, 1.54) is 15.6 Å². The number of carboxylic acids is 2. The van der Waals surface area contributed by atoms with Gasteiger partial charge >= 0.3 is 18.1 Å². The summed E-state index contributed by atoms with van der Waals surface area (Å²) in [7, 11) is 0. The summed E-state index contributed by atoms with van der Waals surface area (Å²) in [6.45, 7) is 6.12. The number of carboxylic acid groups (broad SMARTS) is 2. The highest BCUT2D eigenvalue weighted by Gasteiger charge is 2.38. The number of likely N-dealkylation sites (N-methyl/N-ethyl adjacent to an activating group) is 1. The van der Waals surface area contributed by atoms with Crippen molar-refractivity contribution in [2.45, 2.75) is 38.5 Å². The van der Waals surface area contributed by atoms with Crippen molar-refractivity contribution < 1.29 is 33.0 Å². The Hall–Kier alpha value is -2.17. The monoisotopic (exact) mass is 446 g/mol. The van der Waals surface area contributed by atoms with Gasteiger partial charge in [0.2, 0.25) is 0 Å². The van der Waals surface area contributed by atoms with Crippen LogP contribution in [0.15, 0.2) is 29.6 Å². The minimum absolute atomic E-state index is 0.163. The van der Waals surface area contributed by atoms with Crippen molar-refractivity contribution >= 4 is 33.4 Å². The zero-order valence-corrected chi connectivity index (χ0v) is 17.4. The van der Waals surface area contributed by atoms with Crippen molar-refractivity contribution in [3.05, 3.63) is 35.2 Å². The maximum absolute atomic E-state index is 11.0. The van der Waals surface area contributed by atoms with Gasteiger partial charge in [0, 0.05) is 17.3 Å². The molecular weight excluding hydrogens is 421 g/mol. The van der Waals surface area contributed by atoms with Crippen molar-refractivity contribution in [2.75, 3.05) is 26.2 Å². The van der Waals surface area contributed by atoms with E-state index in [-0.39, 0.29) is 6.54 Å². The topological polar surface area (TPSA) is 81.1 Å². The van der Waals surface area contributed by atoms with Crippen LogP contribution in [0.5, 0.6) is 0 Å². The van der Waals surface area contributed by atoms with Crippen LogP contribution in [0.4, 0.5) is 13.2 Å². The number of aliphatic carboxylic acids is 2. The molecule has 1 aliphatic rings. The summed E-state index contributed by atoms with van der Waals surface area (Å²) in [6.07, 6.45) is -2.97. The molecule has 1 aliphatic heterocycles. The number of hydrogen-bond donors (Lipinski definition) is 2. The number of halogens is 3. The Morgan fingerprint density at radius 1 is 1.20 bits per heavy atom. The van der Waals surface area contributed by atoms with Crippen molar-refractivity contribution in [3.8, 4) is 0 Å². The van der Waals surface area contributed by atoms with Crippen LogP contribution < -0.4 is 0 Å². The summed E-state index contributed by atoms with van der Waals surface area (Å²) in [6, 6.07) is 9.00. The summed E-state index contributed by atoms with van der Waals surface area (Å²) < 4.78 is 33.1. The molecule has 0 unspecified atom stereocenters. The predicted octanol–water partition coefficient (Wildman–Crippen LogP) is 3.91. The average Bonchev–Trinajstić information content (AvgIpc) is 3.09. The third-order valence-electron chi connectivity index (χ3n) is 5.02. The number of alkyl halides is 3. The molecule has 1 fully saturated rings. The Morgan fingerprint density at radius 3 is 2.33 bits per heavy atom. The molecule has 2 N–H and O–H groups in total. The minimum Gasteiger partial charge on any atom is -0.480 e. The van der Waals surface area contributed by atoms with E-state index in [1.54, 1.807) is 0 Å². The van der Waals surface area contributed by atoms with Gasteiger partial charge in [0.1, 0.15) is 0 Å². The van der Waals surface area contributed by atoms with Crippen molar-refractivity contribution in [3.63, 3.8) is 0 Å². The summed E-state index contributed by atoms with van der Waals surface area (Å²) in [5.74, 6) is -3.48. The highest BCUT2D eigenvalue weighted by Crippen LogP contribution is 2.28. The molecule has 0 radical (unpaired) electrons. The van der Waals surface area contributed by atoms with E-state index in [2.05, 4.69) is 39.4 Å². The first kappa shape index (κ1) is 24.1. The van der Waals surface area contributed by atoms with E-state index < -0.39 is 18.1 Å². The summed E-state index contributed by atoms with van der Waals surface area (Å²) >= 11 is 1.82. The number of carbonyl (C=O) groups is 2. The molecule has 0 amide bonds. The van der Waals surface area contributed by atoms with Gasteiger partial charge in [-0.05, 0) is 54.9 Å². The van der Waals surface area contributed by atoms with Gasteiger partial charge in [-0.25, -0.2) is 4.79 Å². The lowest BCUT2D eigenvalue weighted by Crippen LogP contribution is -2.46. The van der Waals surface area contributed by atoms with Crippen molar-refractivity contribution in [1.82, 2.24) is 9.80 Å².